The average molecular weight is 290 g/mol. The van der Waals surface area contributed by atoms with Crippen molar-refractivity contribution in [1.29, 1.82) is 0 Å². The van der Waals surface area contributed by atoms with Gasteiger partial charge in [0.25, 0.3) is 0 Å². The van der Waals surface area contributed by atoms with E-state index in [9.17, 15) is 9.90 Å². The monoisotopic (exact) mass is 290 g/mol. The number of hydrogen-bond acceptors (Lipinski definition) is 4. The zero-order chi connectivity index (χ0) is 15.8. The summed E-state index contributed by atoms with van der Waals surface area (Å²) in [5, 5.41) is 16.2. The standard InChI is InChI=1S/C16H22N2O3/c1-11-6-8-13(9-7-11)16(20)10-12(2)17-18(16)14(19)21-15(3,4)5/h6-9,20H,10H2,1-5H3/t16-/m0/s1. The van der Waals surface area contributed by atoms with Gasteiger partial charge in [-0.15, -0.1) is 0 Å². The quantitative estimate of drug-likeness (QED) is 0.864. The van der Waals surface area contributed by atoms with E-state index in [2.05, 4.69) is 5.10 Å². The third-order valence-electron chi connectivity index (χ3n) is 3.20. The maximum absolute atomic E-state index is 12.3. The van der Waals surface area contributed by atoms with E-state index in [4.69, 9.17) is 4.74 Å². The van der Waals surface area contributed by atoms with E-state index in [1.54, 1.807) is 39.8 Å². The summed E-state index contributed by atoms with van der Waals surface area (Å²) in [5.74, 6) is 0. The van der Waals surface area contributed by atoms with E-state index >= 15 is 0 Å². The second-order valence-electron chi connectivity index (χ2n) is 6.49. The molecule has 114 valence electrons. The summed E-state index contributed by atoms with van der Waals surface area (Å²) in [4.78, 5) is 12.3. The van der Waals surface area contributed by atoms with Crippen molar-refractivity contribution in [3.05, 3.63) is 35.4 Å². The highest BCUT2D eigenvalue weighted by Crippen LogP contribution is 2.36. The van der Waals surface area contributed by atoms with Gasteiger partial charge in [-0.2, -0.15) is 10.1 Å². The lowest BCUT2D eigenvalue weighted by Crippen LogP contribution is -2.45. The number of hydrogen-bond donors (Lipinski definition) is 1. The van der Waals surface area contributed by atoms with Crippen LogP contribution in [0.4, 0.5) is 4.79 Å². The number of aryl methyl sites for hydroxylation is 1. The Kier molecular flexibility index (Phi) is 3.80. The summed E-state index contributed by atoms with van der Waals surface area (Å²) in [5.41, 5.74) is 0.266. The number of amides is 1. The van der Waals surface area contributed by atoms with Crippen molar-refractivity contribution in [2.45, 2.75) is 52.4 Å². The molecular formula is C16H22N2O3. The molecule has 0 aromatic heterocycles. The molecule has 1 heterocycles. The highest BCUT2D eigenvalue weighted by Gasteiger charge is 2.46. The second-order valence-corrected chi connectivity index (χ2v) is 6.49. The first-order valence-electron chi connectivity index (χ1n) is 6.99. The number of aliphatic hydroxyl groups is 1. The Balaban J connectivity index is 2.33. The van der Waals surface area contributed by atoms with Crippen molar-refractivity contribution in [3.63, 3.8) is 0 Å². The molecule has 0 unspecified atom stereocenters. The number of nitrogens with zero attached hydrogens (tertiary/aromatic N) is 2. The van der Waals surface area contributed by atoms with E-state index in [0.717, 1.165) is 10.6 Å². The van der Waals surface area contributed by atoms with Gasteiger partial charge in [-0.1, -0.05) is 29.8 Å². The van der Waals surface area contributed by atoms with E-state index < -0.39 is 17.4 Å². The Labute approximate surface area is 125 Å². The van der Waals surface area contributed by atoms with Crippen LogP contribution in [0, 0.1) is 6.92 Å². The summed E-state index contributed by atoms with van der Waals surface area (Å²) in [6, 6.07) is 7.41. The van der Waals surface area contributed by atoms with Crippen LogP contribution in [0.5, 0.6) is 0 Å². The molecule has 0 saturated carbocycles. The molecular weight excluding hydrogens is 268 g/mol. The topological polar surface area (TPSA) is 62.1 Å². The molecule has 1 aliphatic rings. The zero-order valence-electron chi connectivity index (χ0n) is 13.2. The van der Waals surface area contributed by atoms with Crippen molar-refractivity contribution in [2.24, 2.45) is 5.10 Å². The summed E-state index contributed by atoms with van der Waals surface area (Å²) < 4.78 is 5.33. The van der Waals surface area contributed by atoms with Crippen LogP contribution in [0.3, 0.4) is 0 Å². The first-order valence-corrected chi connectivity index (χ1v) is 6.99. The zero-order valence-corrected chi connectivity index (χ0v) is 13.2. The number of rotatable bonds is 1. The molecule has 2 rings (SSSR count). The molecule has 5 nitrogen and oxygen atoms in total. The molecule has 0 radical (unpaired) electrons. The van der Waals surface area contributed by atoms with Crippen molar-refractivity contribution in [2.75, 3.05) is 0 Å². The largest absolute Gasteiger partial charge is 0.442 e. The molecule has 0 fully saturated rings. The summed E-state index contributed by atoms with van der Waals surface area (Å²) in [7, 11) is 0. The molecule has 21 heavy (non-hydrogen) atoms. The highest BCUT2D eigenvalue weighted by molar-refractivity contribution is 5.87. The van der Waals surface area contributed by atoms with Crippen LogP contribution in [0.15, 0.2) is 29.4 Å². The number of carbonyl (C=O) groups is 1. The lowest BCUT2D eigenvalue weighted by molar-refractivity contribution is -0.0975. The number of benzene rings is 1. The van der Waals surface area contributed by atoms with Gasteiger partial charge in [0.2, 0.25) is 0 Å². The van der Waals surface area contributed by atoms with E-state index in [1.807, 2.05) is 19.1 Å². The fourth-order valence-corrected chi connectivity index (χ4v) is 2.26. The lowest BCUT2D eigenvalue weighted by Gasteiger charge is -2.32. The molecule has 5 heteroatoms. The molecule has 1 aromatic rings. The predicted octanol–water partition coefficient (Wildman–Crippen LogP) is 3.16. The predicted molar refractivity (Wildman–Crippen MR) is 80.9 cm³/mol. The Morgan fingerprint density at radius 1 is 1.29 bits per heavy atom. The normalized spacial score (nSPS) is 22.2. The van der Waals surface area contributed by atoms with Gasteiger partial charge >= 0.3 is 6.09 Å². The molecule has 1 atom stereocenters. The fourth-order valence-electron chi connectivity index (χ4n) is 2.26. The van der Waals surface area contributed by atoms with Gasteiger partial charge in [0.15, 0.2) is 5.72 Å². The maximum atomic E-state index is 12.3. The van der Waals surface area contributed by atoms with Gasteiger partial charge in [0.1, 0.15) is 5.60 Å². The first-order chi connectivity index (χ1) is 9.62. The van der Waals surface area contributed by atoms with Crippen molar-refractivity contribution >= 4 is 11.8 Å². The van der Waals surface area contributed by atoms with Crippen molar-refractivity contribution in [1.82, 2.24) is 5.01 Å². The molecule has 1 N–H and O–H groups in total. The third kappa shape index (κ3) is 3.24. The Hall–Kier alpha value is -1.88. The fraction of sp³-hybridized carbons (Fsp3) is 0.500. The van der Waals surface area contributed by atoms with E-state index in [-0.39, 0.29) is 6.42 Å². The smallest absolute Gasteiger partial charge is 0.433 e. The van der Waals surface area contributed by atoms with E-state index in [0.29, 0.717) is 11.3 Å². The van der Waals surface area contributed by atoms with E-state index in [1.165, 1.54) is 0 Å². The SMILES string of the molecule is CC1=NN(C(=O)OC(C)(C)C)[C@@](O)(c2ccc(C)cc2)C1. The molecule has 1 aliphatic heterocycles. The van der Waals surface area contributed by atoms with Gasteiger partial charge in [-0.3, -0.25) is 0 Å². The Morgan fingerprint density at radius 3 is 2.38 bits per heavy atom. The molecule has 0 aliphatic carbocycles. The minimum absolute atomic E-state index is 0.273. The molecule has 1 aromatic carbocycles. The van der Waals surface area contributed by atoms with Crippen LogP contribution in [0.2, 0.25) is 0 Å². The molecule has 0 bridgehead atoms. The molecule has 0 spiro atoms. The Morgan fingerprint density at radius 2 is 1.86 bits per heavy atom. The van der Waals surface area contributed by atoms with Crippen LogP contribution in [-0.2, 0) is 10.5 Å². The van der Waals surface area contributed by atoms with Crippen LogP contribution in [0.25, 0.3) is 0 Å². The molecule has 0 saturated heterocycles. The minimum Gasteiger partial charge on any atom is -0.442 e. The number of hydrazone groups is 1. The Bertz CT molecular complexity index is 572. The van der Waals surface area contributed by atoms with Crippen LogP contribution in [0.1, 0.15) is 45.2 Å². The summed E-state index contributed by atoms with van der Waals surface area (Å²) >= 11 is 0. The van der Waals surface area contributed by atoms with Crippen molar-refractivity contribution < 1.29 is 14.6 Å². The van der Waals surface area contributed by atoms with Crippen LogP contribution < -0.4 is 0 Å². The number of carbonyl (C=O) groups excluding carboxylic acids is 1. The summed E-state index contributed by atoms with van der Waals surface area (Å²) in [6.07, 6.45) is -0.377. The van der Waals surface area contributed by atoms with Crippen LogP contribution in [-0.4, -0.2) is 27.5 Å². The number of ether oxygens (including phenoxy) is 1. The van der Waals surface area contributed by atoms with Gasteiger partial charge in [0.05, 0.1) is 0 Å². The minimum atomic E-state index is -1.49. The van der Waals surface area contributed by atoms with Gasteiger partial charge in [0, 0.05) is 17.7 Å². The maximum Gasteiger partial charge on any atom is 0.433 e. The lowest BCUT2D eigenvalue weighted by atomic mass is 9.97. The second kappa shape index (κ2) is 5.15. The molecule has 1 amide bonds. The summed E-state index contributed by atoms with van der Waals surface area (Å²) in [6.45, 7) is 9.09. The first kappa shape index (κ1) is 15.5. The third-order valence-corrected chi connectivity index (χ3v) is 3.20. The highest BCUT2D eigenvalue weighted by atomic mass is 16.6. The van der Waals surface area contributed by atoms with Crippen LogP contribution >= 0.6 is 0 Å². The van der Waals surface area contributed by atoms with Crippen molar-refractivity contribution in [3.8, 4) is 0 Å². The van der Waals surface area contributed by atoms with Gasteiger partial charge < -0.3 is 9.84 Å². The van der Waals surface area contributed by atoms with Gasteiger partial charge in [-0.05, 0) is 34.6 Å². The average Bonchev–Trinajstić information content (AvgIpc) is 2.64. The van der Waals surface area contributed by atoms with Gasteiger partial charge in [-0.25, -0.2) is 4.79 Å².